The molecular formula is C12H16ClN3O8S2. The lowest BCUT2D eigenvalue weighted by Crippen LogP contribution is -2.47. The minimum atomic E-state index is -4.90. The Morgan fingerprint density at radius 1 is 1.27 bits per heavy atom. The van der Waals surface area contributed by atoms with E-state index >= 15 is 0 Å². The van der Waals surface area contributed by atoms with E-state index in [9.17, 15) is 31.5 Å². The minimum Gasteiger partial charge on any atom is -0.506 e. The van der Waals surface area contributed by atoms with E-state index in [1.54, 1.807) is 4.72 Å². The van der Waals surface area contributed by atoms with Crippen molar-refractivity contribution in [2.75, 3.05) is 6.26 Å². The molecule has 2 amide bonds. The molecule has 2 atom stereocenters. The maximum absolute atomic E-state index is 12.0. The van der Waals surface area contributed by atoms with E-state index < -0.39 is 61.0 Å². The number of amides is 2. The summed E-state index contributed by atoms with van der Waals surface area (Å²) in [7, 11) is -8.89. The lowest BCUT2D eigenvalue weighted by atomic mass is 9.87. The van der Waals surface area contributed by atoms with Crippen LogP contribution >= 0.6 is 11.6 Å². The average molecular weight is 430 g/mol. The molecular weight excluding hydrogens is 414 g/mol. The predicted molar refractivity (Wildman–Crippen MR) is 90.4 cm³/mol. The summed E-state index contributed by atoms with van der Waals surface area (Å²) in [5.74, 6) is -4.66. The molecule has 1 aromatic carbocycles. The van der Waals surface area contributed by atoms with Gasteiger partial charge in [0.25, 0.3) is 16.0 Å². The molecule has 0 aliphatic carbocycles. The van der Waals surface area contributed by atoms with Gasteiger partial charge in [0.2, 0.25) is 15.9 Å². The molecule has 26 heavy (non-hydrogen) atoms. The van der Waals surface area contributed by atoms with Crippen LogP contribution in [0.2, 0.25) is 5.02 Å². The van der Waals surface area contributed by atoms with Gasteiger partial charge in [0.15, 0.2) is 0 Å². The number of nitrogens with one attached hydrogen (secondary N) is 1. The van der Waals surface area contributed by atoms with Gasteiger partial charge in [0, 0.05) is 22.9 Å². The number of nitrogens with two attached hydrogens (primary N) is 2. The zero-order valence-corrected chi connectivity index (χ0v) is 15.6. The molecule has 1 rings (SSSR count). The quantitative estimate of drug-likeness (QED) is 0.324. The van der Waals surface area contributed by atoms with Crippen molar-refractivity contribution in [1.29, 1.82) is 0 Å². The van der Waals surface area contributed by atoms with E-state index in [0.29, 0.717) is 6.26 Å². The normalized spacial score (nSPS) is 14.5. The molecule has 0 aliphatic rings. The third kappa shape index (κ3) is 5.81. The maximum Gasteiger partial charge on any atom is 0.298 e. The minimum absolute atomic E-state index is 0.268. The summed E-state index contributed by atoms with van der Waals surface area (Å²) in [6.07, 6.45) is 0.0329. The van der Waals surface area contributed by atoms with Crippen LogP contribution in [0.3, 0.4) is 0 Å². The van der Waals surface area contributed by atoms with Crippen LogP contribution in [0.25, 0.3) is 0 Å². The monoisotopic (exact) mass is 429 g/mol. The van der Waals surface area contributed by atoms with Crippen molar-refractivity contribution in [1.82, 2.24) is 4.72 Å². The topological polar surface area (TPSA) is 207 Å². The lowest BCUT2D eigenvalue weighted by molar-refractivity contribution is -0.121. The number of phenolic OH excluding ortho intramolecular Hbond substituents is 1. The van der Waals surface area contributed by atoms with Crippen molar-refractivity contribution in [2.45, 2.75) is 23.3 Å². The smallest absolute Gasteiger partial charge is 0.298 e. The summed E-state index contributed by atoms with van der Waals surface area (Å²) in [4.78, 5) is 22.3. The first-order valence-corrected chi connectivity index (χ1v) is 10.4. The fourth-order valence-electron chi connectivity index (χ4n) is 2.15. The molecule has 1 aromatic rings. The molecule has 0 aromatic heterocycles. The van der Waals surface area contributed by atoms with Gasteiger partial charge in [-0.25, -0.2) is 8.42 Å². The second-order valence-electron chi connectivity index (χ2n) is 5.36. The number of carbonyl (C=O) groups is 2. The van der Waals surface area contributed by atoms with Gasteiger partial charge in [-0.15, -0.1) is 0 Å². The van der Waals surface area contributed by atoms with Gasteiger partial charge in [0.1, 0.15) is 10.6 Å². The first-order valence-electron chi connectivity index (χ1n) is 6.69. The Hall–Kier alpha value is -1.93. The Bertz CT molecular complexity index is 945. The number of halogens is 1. The van der Waals surface area contributed by atoms with E-state index in [1.807, 2.05) is 0 Å². The first kappa shape index (κ1) is 22.1. The number of sulfonamides is 1. The number of rotatable bonds is 7. The highest BCUT2D eigenvalue weighted by Gasteiger charge is 2.33. The first-order chi connectivity index (χ1) is 11.6. The zero-order valence-electron chi connectivity index (χ0n) is 13.2. The molecule has 0 saturated carbocycles. The number of hydrogen-bond donors (Lipinski definition) is 5. The summed E-state index contributed by atoms with van der Waals surface area (Å²) in [5.41, 5.74) is 10.4. The van der Waals surface area contributed by atoms with Crippen LogP contribution < -0.4 is 16.2 Å². The standard InChI is InChI=1S/C12H16ClN3O8S2/c1-25(20,21)16-12(19)10(15)6(4-9(14)17)7-2-5(13)3-8(11(7)18)26(22,23)24/h2-3,6,10,18H,4,15H2,1H3,(H2,14,17)(H,16,19)(H,22,23,24)/t6?,10-/m0/s1. The third-order valence-electron chi connectivity index (χ3n) is 3.19. The van der Waals surface area contributed by atoms with Crippen molar-refractivity contribution in [2.24, 2.45) is 11.5 Å². The number of hydrogen-bond acceptors (Lipinski definition) is 8. The molecule has 11 nitrogen and oxygen atoms in total. The Morgan fingerprint density at radius 3 is 2.23 bits per heavy atom. The van der Waals surface area contributed by atoms with Gasteiger partial charge in [-0.1, -0.05) is 11.6 Å². The predicted octanol–water partition coefficient (Wildman–Crippen LogP) is -1.35. The number of aromatic hydroxyl groups is 1. The van der Waals surface area contributed by atoms with Crippen LogP contribution in [0.4, 0.5) is 0 Å². The molecule has 0 aliphatic heterocycles. The second kappa shape index (κ2) is 7.75. The van der Waals surface area contributed by atoms with Crippen LogP contribution in [-0.4, -0.2) is 50.6 Å². The van der Waals surface area contributed by atoms with Crippen LogP contribution in [0, 0.1) is 0 Å². The largest absolute Gasteiger partial charge is 0.506 e. The number of carbonyl (C=O) groups excluding carboxylic acids is 2. The fraction of sp³-hybridized carbons (Fsp3) is 0.333. The molecule has 146 valence electrons. The molecule has 7 N–H and O–H groups in total. The Balaban J connectivity index is 3.54. The second-order valence-corrected chi connectivity index (χ2v) is 8.93. The zero-order chi connectivity index (χ0) is 20.4. The molecule has 0 saturated heterocycles. The highest BCUT2D eigenvalue weighted by Crippen LogP contribution is 2.37. The summed E-state index contributed by atoms with van der Waals surface area (Å²) >= 11 is 5.76. The third-order valence-corrected chi connectivity index (χ3v) is 4.85. The van der Waals surface area contributed by atoms with E-state index in [0.717, 1.165) is 12.1 Å². The van der Waals surface area contributed by atoms with E-state index in [2.05, 4.69) is 0 Å². The molecule has 0 radical (unpaired) electrons. The van der Waals surface area contributed by atoms with Gasteiger partial charge in [-0.2, -0.15) is 8.42 Å². The Kier molecular flexibility index (Phi) is 6.59. The van der Waals surface area contributed by atoms with Crippen LogP contribution in [0.5, 0.6) is 5.75 Å². The summed E-state index contributed by atoms with van der Waals surface area (Å²) in [6.45, 7) is 0. The molecule has 0 heterocycles. The molecule has 14 heteroatoms. The van der Waals surface area contributed by atoms with Gasteiger partial charge >= 0.3 is 0 Å². The van der Waals surface area contributed by atoms with Crippen molar-refractivity contribution in [3.63, 3.8) is 0 Å². The highest BCUT2D eigenvalue weighted by atomic mass is 35.5. The molecule has 0 bridgehead atoms. The SMILES string of the molecule is CS(=O)(=O)NC(=O)[C@@H](N)C(CC(N)=O)c1cc(Cl)cc(S(=O)(=O)O)c1O. The van der Waals surface area contributed by atoms with Crippen LogP contribution in [-0.2, 0) is 29.7 Å². The van der Waals surface area contributed by atoms with E-state index in [-0.39, 0.29) is 10.6 Å². The highest BCUT2D eigenvalue weighted by molar-refractivity contribution is 7.89. The number of primary amides is 1. The van der Waals surface area contributed by atoms with Crippen molar-refractivity contribution < 1.29 is 36.1 Å². The van der Waals surface area contributed by atoms with Gasteiger partial charge in [-0.3, -0.25) is 18.9 Å². The Labute approximate surface area is 154 Å². The summed E-state index contributed by atoms with van der Waals surface area (Å²) < 4.78 is 55.8. The Morgan fingerprint density at radius 2 is 1.81 bits per heavy atom. The van der Waals surface area contributed by atoms with Crippen molar-refractivity contribution in [3.8, 4) is 5.75 Å². The molecule has 1 unspecified atom stereocenters. The van der Waals surface area contributed by atoms with Crippen molar-refractivity contribution in [3.05, 3.63) is 22.7 Å². The van der Waals surface area contributed by atoms with Gasteiger partial charge in [0.05, 0.1) is 12.3 Å². The average Bonchev–Trinajstić information content (AvgIpc) is 2.43. The maximum atomic E-state index is 12.0. The summed E-state index contributed by atoms with van der Waals surface area (Å²) in [5, 5.41) is 9.87. The van der Waals surface area contributed by atoms with Gasteiger partial charge in [-0.05, 0) is 12.1 Å². The number of benzene rings is 1. The summed E-state index contributed by atoms with van der Waals surface area (Å²) in [6, 6.07) is 0.0159. The lowest BCUT2D eigenvalue weighted by Gasteiger charge is -2.24. The van der Waals surface area contributed by atoms with E-state index in [4.69, 9.17) is 27.6 Å². The van der Waals surface area contributed by atoms with Crippen LogP contribution in [0.1, 0.15) is 17.9 Å². The fourth-order valence-corrected chi connectivity index (χ4v) is 3.59. The van der Waals surface area contributed by atoms with Crippen molar-refractivity contribution >= 4 is 43.6 Å². The number of phenols is 1. The molecule has 0 spiro atoms. The van der Waals surface area contributed by atoms with Gasteiger partial charge < -0.3 is 16.6 Å². The molecule has 0 fully saturated rings. The van der Waals surface area contributed by atoms with Crippen LogP contribution in [0.15, 0.2) is 17.0 Å². The van der Waals surface area contributed by atoms with E-state index in [1.165, 1.54) is 0 Å².